The molecular weight excluding hydrogens is 388 g/mol. The van der Waals surface area contributed by atoms with Crippen molar-refractivity contribution in [2.75, 3.05) is 0 Å². The van der Waals surface area contributed by atoms with Crippen LogP contribution in [0.2, 0.25) is 0 Å². The fourth-order valence-electron chi connectivity index (χ4n) is 4.47. The van der Waals surface area contributed by atoms with Gasteiger partial charge in [-0.2, -0.15) is 12.5 Å². The van der Waals surface area contributed by atoms with Crippen LogP contribution in [-0.2, 0) is 6.42 Å². The number of nitrogens with zero attached hydrogens (tertiary/aromatic N) is 2. The quantitative estimate of drug-likeness (QED) is 0.147. The van der Waals surface area contributed by atoms with Gasteiger partial charge in [-0.05, 0) is 24.5 Å². The van der Waals surface area contributed by atoms with Crippen molar-refractivity contribution in [1.82, 2.24) is 0 Å². The lowest BCUT2D eigenvalue weighted by Gasteiger charge is -2.26. The van der Waals surface area contributed by atoms with Gasteiger partial charge in [0.25, 0.3) is 0 Å². The van der Waals surface area contributed by atoms with Gasteiger partial charge in [-0.1, -0.05) is 104 Å². The molecule has 0 fully saturated rings. The predicted octanol–water partition coefficient (Wildman–Crippen LogP) is 7.17. The van der Waals surface area contributed by atoms with Crippen molar-refractivity contribution < 1.29 is 8.82 Å². The first-order valence-electron chi connectivity index (χ1n) is 13.4. The normalized spacial score (nSPS) is 15.3. The first-order valence-corrected chi connectivity index (χ1v) is 13.4. The van der Waals surface area contributed by atoms with Crippen LogP contribution >= 0.6 is 0 Å². The van der Waals surface area contributed by atoms with Crippen molar-refractivity contribution in [3.8, 4) is 0 Å². The average molecular weight is 437 g/mol. The van der Waals surface area contributed by atoms with E-state index in [1.54, 1.807) is 0 Å². The van der Waals surface area contributed by atoms with Gasteiger partial charge in [-0.3, -0.25) is 0 Å². The van der Waals surface area contributed by atoms with Gasteiger partial charge in [0, 0.05) is 12.6 Å². The number of unbranched alkanes of at least 4 members (excludes halogenated alkanes) is 12. The van der Waals surface area contributed by atoms with E-state index >= 15 is 0 Å². The highest BCUT2D eigenvalue weighted by atomic mass is 15.0. The van der Waals surface area contributed by atoms with Gasteiger partial charge in [-0.15, -0.1) is 0 Å². The van der Waals surface area contributed by atoms with Gasteiger partial charge < -0.3 is 4.58 Å². The van der Waals surface area contributed by atoms with Gasteiger partial charge in [0.05, 0.1) is 12.4 Å². The Morgan fingerprint density at radius 3 is 1.94 bits per heavy atom. The summed E-state index contributed by atoms with van der Waals surface area (Å²) in [5.41, 5.74) is 3.97. The number of aromatic nitrogens is 1. The molecule has 0 N–H and O–H groups in total. The molecule has 1 aliphatic heterocycles. The summed E-state index contributed by atoms with van der Waals surface area (Å²) >= 11 is 0. The molecule has 178 valence electrons. The number of rotatable bonds is 16. The summed E-state index contributed by atoms with van der Waals surface area (Å²) in [5, 5.41) is 1.15. The Kier molecular flexibility index (Phi) is 13.0. The highest BCUT2D eigenvalue weighted by Crippen LogP contribution is 2.23. The molecule has 0 unspecified atom stereocenters. The Labute approximate surface area is 198 Å². The number of pyridine rings is 1. The molecule has 0 radical (unpaired) electrons. The maximum Gasteiger partial charge on any atom is 0.162 e. The van der Waals surface area contributed by atoms with Crippen molar-refractivity contribution in [2.24, 2.45) is 0 Å². The summed E-state index contributed by atoms with van der Waals surface area (Å²) in [7, 11) is 0. The van der Waals surface area contributed by atoms with Crippen molar-refractivity contribution in [3.63, 3.8) is 0 Å². The summed E-state index contributed by atoms with van der Waals surface area (Å²) in [6.07, 6.45) is 27.9. The zero-order valence-corrected chi connectivity index (χ0v) is 21.1. The molecule has 0 atom stereocenters. The zero-order chi connectivity index (χ0) is 23.0. The highest BCUT2D eigenvalue weighted by Gasteiger charge is 2.09. The fraction of sp³-hybridized carbons (Fsp3) is 0.600. The highest BCUT2D eigenvalue weighted by molar-refractivity contribution is 5.55. The second-order valence-electron chi connectivity index (χ2n) is 9.52. The van der Waals surface area contributed by atoms with Crippen molar-refractivity contribution >= 4 is 12.4 Å². The van der Waals surface area contributed by atoms with Crippen LogP contribution in [0.15, 0.2) is 30.0 Å². The van der Waals surface area contributed by atoms with Gasteiger partial charge in [0.15, 0.2) is 6.20 Å². The number of hydrogen-bond donors (Lipinski definition) is 0. The lowest BCUT2D eigenvalue weighted by molar-refractivity contribution is -0.521. The summed E-state index contributed by atoms with van der Waals surface area (Å²) in [6, 6.07) is 4.54. The molecule has 1 aliphatic rings. The summed E-state index contributed by atoms with van der Waals surface area (Å²) < 4.78 is 3.98. The van der Waals surface area contributed by atoms with E-state index in [0.29, 0.717) is 0 Å². The monoisotopic (exact) mass is 436 g/mol. The maximum atomic E-state index is 4.23. The Bertz CT molecular complexity index is 818. The van der Waals surface area contributed by atoms with E-state index in [2.05, 4.69) is 64.7 Å². The minimum absolute atomic E-state index is 1.15. The van der Waals surface area contributed by atoms with E-state index in [4.69, 9.17) is 0 Å². The van der Waals surface area contributed by atoms with Crippen LogP contribution in [0.5, 0.6) is 0 Å². The van der Waals surface area contributed by atoms with Crippen LogP contribution < -0.4 is 9.59 Å². The van der Waals surface area contributed by atoms with E-state index in [1.807, 2.05) is 8.82 Å². The van der Waals surface area contributed by atoms with Crippen LogP contribution in [0.1, 0.15) is 116 Å². The number of hydrogen-bond acceptors (Lipinski definition) is 0. The van der Waals surface area contributed by atoms with E-state index < -0.39 is 0 Å². The molecule has 0 aliphatic carbocycles. The third-order valence-corrected chi connectivity index (χ3v) is 6.60. The second-order valence-corrected chi connectivity index (χ2v) is 9.52. The maximum absolute atomic E-state index is 4.23. The Balaban J connectivity index is 1.89. The Morgan fingerprint density at radius 1 is 0.750 bits per heavy atom. The molecule has 0 saturated heterocycles. The van der Waals surface area contributed by atoms with Gasteiger partial charge in [0.1, 0.15) is 12.1 Å². The van der Waals surface area contributed by atoms with Crippen LogP contribution in [0.3, 0.4) is 0 Å². The molecule has 0 amide bonds. The smallest absolute Gasteiger partial charge is 0.162 e. The van der Waals surface area contributed by atoms with Crippen molar-refractivity contribution in [2.45, 2.75) is 117 Å². The second kappa shape index (κ2) is 15.8. The molecule has 32 heavy (non-hydrogen) atoms. The molecule has 1 aromatic rings. The van der Waals surface area contributed by atoms with E-state index in [9.17, 15) is 0 Å². The Hall–Kier alpha value is -1.96. The van der Waals surface area contributed by atoms with Crippen LogP contribution in [0.4, 0.5) is 0 Å². The molecule has 0 spiro atoms. The van der Waals surface area contributed by atoms with Crippen LogP contribution in [0, 0.1) is 19.7 Å². The summed E-state index contributed by atoms with van der Waals surface area (Å²) in [4.78, 5) is 0. The van der Waals surface area contributed by atoms with E-state index in [0.717, 1.165) is 23.9 Å². The third-order valence-electron chi connectivity index (χ3n) is 6.60. The molecule has 1 aromatic heterocycles. The molecule has 2 rings (SSSR count). The molecular formula is C30H48N2. The van der Waals surface area contributed by atoms with E-state index in [-0.39, 0.29) is 0 Å². The SMILES string of the molecule is C=[N+]1[CH-]C=C(CCCCCCCCC)[CH-]/C1=c1\cc(CCCCCCCCC)cc[n+]1=C. The van der Waals surface area contributed by atoms with Crippen LogP contribution in [-0.4, -0.2) is 11.3 Å². The topological polar surface area (TPSA) is 8.91 Å². The summed E-state index contributed by atoms with van der Waals surface area (Å²) in [5.74, 6) is 0. The predicted molar refractivity (Wildman–Crippen MR) is 139 cm³/mol. The number of aryl methyl sites for hydroxylation is 1. The third kappa shape index (κ3) is 9.67. The average Bonchev–Trinajstić information content (AvgIpc) is 2.80. The Morgan fingerprint density at radius 2 is 1.31 bits per heavy atom. The molecule has 2 nitrogen and oxygen atoms in total. The van der Waals surface area contributed by atoms with Crippen molar-refractivity contribution in [3.05, 3.63) is 60.6 Å². The zero-order valence-electron chi connectivity index (χ0n) is 21.1. The lowest BCUT2D eigenvalue weighted by atomic mass is 9.98. The minimum Gasteiger partial charge on any atom is -0.321 e. The lowest BCUT2D eigenvalue weighted by Crippen LogP contribution is -2.39. The molecule has 0 bridgehead atoms. The standard InChI is InChI=1S/C30H48N2/c1-5-7-9-11-13-15-17-19-27-21-23-31(3)29(25-27)30-26-28(22-24-32(30)4)20-18-16-14-12-10-8-6-2/h21-26H,3-20H2,1-2H3/b30-29-. The molecule has 0 saturated carbocycles. The van der Waals surface area contributed by atoms with E-state index in [1.165, 1.54) is 101 Å². The van der Waals surface area contributed by atoms with Crippen LogP contribution in [0.25, 0.3) is 5.70 Å². The van der Waals surface area contributed by atoms with Crippen molar-refractivity contribution in [1.29, 1.82) is 0 Å². The first-order chi connectivity index (χ1) is 15.7. The molecule has 0 aromatic carbocycles. The first kappa shape index (κ1) is 26.3. The largest absolute Gasteiger partial charge is 0.321 e. The molecule has 2 heteroatoms. The van der Waals surface area contributed by atoms with Gasteiger partial charge in [-0.25, -0.2) is 9.82 Å². The molecule has 2 heterocycles. The minimum atomic E-state index is 1.15. The van der Waals surface area contributed by atoms with Gasteiger partial charge in [0.2, 0.25) is 0 Å². The fourth-order valence-corrected chi connectivity index (χ4v) is 4.47. The van der Waals surface area contributed by atoms with Gasteiger partial charge >= 0.3 is 0 Å². The summed E-state index contributed by atoms with van der Waals surface area (Å²) in [6.45, 7) is 15.1.